The maximum atomic E-state index is 13.7. The highest BCUT2D eigenvalue weighted by Crippen LogP contribution is 2.13. The minimum absolute atomic E-state index is 0.286. The number of hydrogen-bond donors (Lipinski definition) is 0. The minimum Gasteiger partial charge on any atom is -0.465 e. The van der Waals surface area contributed by atoms with Crippen molar-refractivity contribution in [1.82, 2.24) is 4.57 Å². The summed E-state index contributed by atoms with van der Waals surface area (Å²) in [5.74, 6) is -0.846. The molecule has 0 saturated carbocycles. The average molecular weight is 339 g/mol. The minimum atomic E-state index is -0.484. The van der Waals surface area contributed by atoms with Gasteiger partial charge in [-0.2, -0.15) is 4.39 Å². The van der Waals surface area contributed by atoms with Crippen LogP contribution in [0.2, 0.25) is 0 Å². The summed E-state index contributed by atoms with van der Waals surface area (Å²) >= 11 is 0. The zero-order chi connectivity index (χ0) is 17.6. The molecule has 0 saturated heterocycles. The number of unbranched alkanes of at least 4 members (excludes halogenated alkanes) is 11. The second-order valence-corrected chi connectivity index (χ2v) is 6.63. The number of aryl methyl sites for hydroxylation is 1. The van der Waals surface area contributed by atoms with E-state index < -0.39 is 5.97 Å². The molecule has 1 rings (SSSR count). The predicted molar refractivity (Wildman–Crippen MR) is 96.8 cm³/mol. The fraction of sp³-hybridized carbons (Fsp3) is 0.750. The van der Waals surface area contributed by atoms with Crippen molar-refractivity contribution in [2.45, 2.75) is 90.5 Å². The normalized spacial score (nSPS) is 11.0. The third-order valence-corrected chi connectivity index (χ3v) is 4.52. The Bertz CT molecular complexity index is 456. The van der Waals surface area contributed by atoms with Crippen molar-refractivity contribution in [3.05, 3.63) is 23.8 Å². The number of aromatic nitrogens is 1. The number of carbonyl (C=O) groups is 1. The van der Waals surface area contributed by atoms with Crippen LogP contribution in [0, 0.1) is 5.95 Å². The molecule has 0 N–H and O–H groups in total. The van der Waals surface area contributed by atoms with Crippen LogP contribution < -0.4 is 0 Å². The fourth-order valence-electron chi connectivity index (χ4n) is 3.00. The lowest BCUT2D eigenvalue weighted by Crippen LogP contribution is -2.01. The van der Waals surface area contributed by atoms with Crippen LogP contribution in [0.25, 0.3) is 0 Å². The molecular formula is C20H34FNO2. The topological polar surface area (TPSA) is 31.2 Å². The van der Waals surface area contributed by atoms with Gasteiger partial charge in [0, 0.05) is 18.8 Å². The summed E-state index contributed by atoms with van der Waals surface area (Å²) in [5.41, 5.74) is 0.286. The van der Waals surface area contributed by atoms with Crippen LogP contribution >= 0.6 is 0 Å². The van der Waals surface area contributed by atoms with Crippen molar-refractivity contribution >= 4 is 5.97 Å². The maximum Gasteiger partial charge on any atom is 0.339 e. The number of rotatable bonds is 14. The molecule has 4 heteroatoms. The molecule has 0 aliphatic rings. The third kappa shape index (κ3) is 8.51. The second kappa shape index (κ2) is 13.0. The summed E-state index contributed by atoms with van der Waals surface area (Å²) in [6.45, 7) is 2.88. The number of carbonyl (C=O) groups excluding carboxylic acids is 1. The SMILES string of the molecule is CCCCCCCCCCCCCCn1cc(C(=O)OC)cc1F. The molecular weight excluding hydrogens is 305 g/mol. The molecule has 0 spiro atoms. The Labute approximate surface area is 146 Å². The lowest BCUT2D eigenvalue weighted by atomic mass is 10.1. The molecule has 0 amide bonds. The maximum absolute atomic E-state index is 13.7. The molecule has 3 nitrogen and oxygen atoms in total. The largest absolute Gasteiger partial charge is 0.465 e. The molecule has 1 aromatic heterocycles. The Balaban J connectivity index is 1.99. The Morgan fingerprint density at radius 2 is 1.46 bits per heavy atom. The first-order valence-electron chi connectivity index (χ1n) is 9.63. The second-order valence-electron chi connectivity index (χ2n) is 6.63. The standard InChI is InChI=1S/C20H34FNO2/c1-3-4-5-6-7-8-9-10-11-12-13-14-15-22-17-18(16-19(22)21)20(23)24-2/h16-17H,3-15H2,1-2H3. The fourth-order valence-corrected chi connectivity index (χ4v) is 3.00. The van der Waals surface area contributed by atoms with Crippen molar-refractivity contribution < 1.29 is 13.9 Å². The molecule has 0 atom stereocenters. The molecule has 1 heterocycles. The van der Waals surface area contributed by atoms with Crippen LogP contribution in [-0.4, -0.2) is 17.6 Å². The van der Waals surface area contributed by atoms with E-state index >= 15 is 0 Å². The number of hydrogen-bond acceptors (Lipinski definition) is 2. The Hall–Kier alpha value is -1.32. The highest BCUT2D eigenvalue weighted by Gasteiger charge is 2.11. The molecule has 0 aromatic carbocycles. The van der Waals surface area contributed by atoms with Gasteiger partial charge in [0.15, 0.2) is 5.95 Å². The van der Waals surface area contributed by atoms with Crippen molar-refractivity contribution in [2.24, 2.45) is 0 Å². The number of esters is 1. The molecule has 0 fully saturated rings. The zero-order valence-electron chi connectivity index (χ0n) is 15.5. The van der Waals surface area contributed by atoms with Gasteiger partial charge in [0.05, 0.1) is 12.7 Å². The van der Waals surface area contributed by atoms with Gasteiger partial charge in [-0.1, -0.05) is 77.6 Å². The van der Waals surface area contributed by atoms with Gasteiger partial charge in [0.2, 0.25) is 0 Å². The van der Waals surface area contributed by atoms with Gasteiger partial charge in [-0.3, -0.25) is 0 Å². The van der Waals surface area contributed by atoms with Gasteiger partial charge in [0.1, 0.15) is 0 Å². The van der Waals surface area contributed by atoms with E-state index in [1.165, 1.54) is 82.0 Å². The summed E-state index contributed by atoms with van der Waals surface area (Å²) in [7, 11) is 1.31. The van der Waals surface area contributed by atoms with Gasteiger partial charge < -0.3 is 9.30 Å². The quantitative estimate of drug-likeness (QED) is 0.302. The Kier molecular flexibility index (Phi) is 11.2. The molecule has 24 heavy (non-hydrogen) atoms. The molecule has 0 unspecified atom stereocenters. The van der Waals surface area contributed by atoms with E-state index in [9.17, 15) is 9.18 Å². The smallest absolute Gasteiger partial charge is 0.339 e. The summed E-state index contributed by atoms with van der Waals surface area (Å²) in [5, 5.41) is 0. The summed E-state index contributed by atoms with van der Waals surface area (Å²) in [4.78, 5) is 11.4. The lowest BCUT2D eigenvalue weighted by molar-refractivity contribution is 0.0600. The van der Waals surface area contributed by atoms with Crippen LogP contribution in [0.3, 0.4) is 0 Å². The number of methoxy groups -OCH3 is 1. The van der Waals surface area contributed by atoms with Gasteiger partial charge in [-0.15, -0.1) is 0 Å². The number of ether oxygens (including phenoxy) is 1. The average Bonchev–Trinajstić information content (AvgIpc) is 2.96. The van der Waals surface area contributed by atoms with E-state index in [1.54, 1.807) is 6.20 Å². The third-order valence-electron chi connectivity index (χ3n) is 4.52. The zero-order valence-corrected chi connectivity index (χ0v) is 15.5. The molecule has 0 aliphatic carbocycles. The van der Waals surface area contributed by atoms with Crippen molar-refractivity contribution in [3.8, 4) is 0 Å². The van der Waals surface area contributed by atoms with Crippen molar-refractivity contribution in [1.29, 1.82) is 0 Å². The summed E-state index contributed by atoms with van der Waals surface area (Å²) in [6, 6.07) is 1.24. The number of nitrogens with zero attached hydrogens (tertiary/aromatic N) is 1. The summed E-state index contributed by atoms with van der Waals surface area (Å²) in [6.07, 6.45) is 17.0. The van der Waals surface area contributed by atoms with Gasteiger partial charge in [0.25, 0.3) is 0 Å². The van der Waals surface area contributed by atoms with Crippen LogP contribution in [0.15, 0.2) is 12.3 Å². The van der Waals surface area contributed by atoms with Crippen molar-refractivity contribution in [3.63, 3.8) is 0 Å². The van der Waals surface area contributed by atoms with Crippen LogP contribution in [0.5, 0.6) is 0 Å². The molecule has 0 bridgehead atoms. The van der Waals surface area contributed by atoms with E-state index in [-0.39, 0.29) is 11.5 Å². The predicted octanol–water partition coefficient (Wildman–Crippen LogP) is 6.11. The van der Waals surface area contributed by atoms with Gasteiger partial charge in [-0.05, 0) is 6.42 Å². The highest BCUT2D eigenvalue weighted by atomic mass is 19.1. The first-order valence-corrected chi connectivity index (χ1v) is 9.63. The first-order chi connectivity index (χ1) is 11.7. The number of halogens is 1. The van der Waals surface area contributed by atoms with Crippen LogP contribution in [0.1, 0.15) is 94.3 Å². The molecule has 0 radical (unpaired) electrons. The lowest BCUT2D eigenvalue weighted by Gasteiger charge is -2.05. The molecule has 1 aromatic rings. The van der Waals surface area contributed by atoms with E-state index in [1.807, 2.05) is 0 Å². The first kappa shape index (κ1) is 20.7. The van der Waals surface area contributed by atoms with Gasteiger partial charge in [-0.25, -0.2) is 4.79 Å². The van der Waals surface area contributed by atoms with Gasteiger partial charge >= 0.3 is 5.97 Å². The van der Waals surface area contributed by atoms with Crippen LogP contribution in [-0.2, 0) is 11.3 Å². The van der Waals surface area contributed by atoms with E-state index in [4.69, 9.17) is 0 Å². The van der Waals surface area contributed by atoms with E-state index in [2.05, 4.69) is 11.7 Å². The van der Waals surface area contributed by atoms with Crippen LogP contribution in [0.4, 0.5) is 4.39 Å². The molecule has 138 valence electrons. The highest BCUT2D eigenvalue weighted by molar-refractivity contribution is 5.89. The Morgan fingerprint density at radius 3 is 1.96 bits per heavy atom. The van der Waals surface area contributed by atoms with E-state index in [0.29, 0.717) is 6.54 Å². The Morgan fingerprint density at radius 1 is 0.958 bits per heavy atom. The summed E-state index contributed by atoms with van der Waals surface area (Å²) < 4.78 is 19.8. The molecule has 0 aliphatic heterocycles. The van der Waals surface area contributed by atoms with Crippen molar-refractivity contribution in [2.75, 3.05) is 7.11 Å². The monoisotopic (exact) mass is 339 g/mol. The van der Waals surface area contributed by atoms with E-state index in [0.717, 1.165) is 12.8 Å².